The van der Waals surface area contributed by atoms with E-state index in [1.807, 2.05) is 91.9 Å². The van der Waals surface area contributed by atoms with Crippen molar-refractivity contribution in [3.63, 3.8) is 0 Å². The largest absolute Gasteiger partial charge is 0.355 e. The third-order valence-electron chi connectivity index (χ3n) is 5.22. The lowest BCUT2D eigenvalue weighted by Crippen LogP contribution is -2.50. The van der Waals surface area contributed by atoms with Crippen LogP contribution in [0.25, 0.3) is 0 Å². The van der Waals surface area contributed by atoms with Crippen molar-refractivity contribution in [2.45, 2.75) is 37.2 Å². The second-order valence-corrected chi connectivity index (χ2v) is 9.26. The van der Waals surface area contributed by atoms with E-state index in [0.717, 1.165) is 16.0 Å². The van der Waals surface area contributed by atoms with Crippen molar-refractivity contribution in [3.05, 3.63) is 101 Å². The lowest BCUT2D eigenvalue weighted by Gasteiger charge is -2.31. The highest BCUT2D eigenvalue weighted by Gasteiger charge is 2.29. The Kier molecular flexibility index (Phi) is 9.85. The van der Waals surface area contributed by atoms with Crippen molar-refractivity contribution in [2.24, 2.45) is 0 Å². The number of carbonyl (C=O) groups is 2. The monoisotopic (exact) mass is 480 g/mol. The van der Waals surface area contributed by atoms with Gasteiger partial charge in [-0.1, -0.05) is 72.3 Å². The van der Waals surface area contributed by atoms with Gasteiger partial charge in [-0.3, -0.25) is 9.59 Å². The molecule has 0 unspecified atom stereocenters. The van der Waals surface area contributed by atoms with Crippen LogP contribution in [0.4, 0.5) is 0 Å². The first-order valence-electron chi connectivity index (χ1n) is 11.1. The Labute approximate surface area is 205 Å². The number of rotatable bonds is 11. The molecular weight excluding hydrogens is 452 g/mol. The van der Waals surface area contributed by atoms with Gasteiger partial charge in [0.2, 0.25) is 11.8 Å². The van der Waals surface area contributed by atoms with Gasteiger partial charge in [0.05, 0.1) is 0 Å². The zero-order chi connectivity index (χ0) is 23.5. The van der Waals surface area contributed by atoms with Crippen molar-refractivity contribution in [2.75, 3.05) is 12.3 Å². The summed E-state index contributed by atoms with van der Waals surface area (Å²) in [4.78, 5) is 29.4. The van der Waals surface area contributed by atoms with Crippen LogP contribution in [-0.4, -0.2) is 35.1 Å². The minimum absolute atomic E-state index is 0.0411. The fraction of sp³-hybridized carbons (Fsp3) is 0.259. The number of amides is 2. The van der Waals surface area contributed by atoms with E-state index in [1.165, 1.54) is 0 Å². The Hall–Kier alpha value is -2.76. The molecule has 0 fully saturated rings. The second-order valence-electron chi connectivity index (χ2n) is 7.66. The third-order valence-corrected chi connectivity index (χ3v) is 6.48. The van der Waals surface area contributed by atoms with Crippen LogP contribution < -0.4 is 5.32 Å². The smallest absolute Gasteiger partial charge is 0.243 e. The highest BCUT2D eigenvalue weighted by atomic mass is 35.5. The molecule has 0 bridgehead atoms. The van der Waals surface area contributed by atoms with Gasteiger partial charge < -0.3 is 10.2 Å². The van der Waals surface area contributed by atoms with Gasteiger partial charge in [-0.25, -0.2) is 0 Å². The number of halogens is 1. The van der Waals surface area contributed by atoms with Gasteiger partial charge in [0.1, 0.15) is 6.04 Å². The first-order valence-corrected chi connectivity index (χ1v) is 12.5. The van der Waals surface area contributed by atoms with Gasteiger partial charge in [0, 0.05) is 41.6 Å². The molecule has 0 aliphatic heterocycles. The quantitative estimate of drug-likeness (QED) is 0.363. The maximum Gasteiger partial charge on any atom is 0.243 e. The summed E-state index contributed by atoms with van der Waals surface area (Å²) >= 11 is 7.69. The topological polar surface area (TPSA) is 49.4 Å². The predicted molar refractivity (Wildman–Crippen MR) is 136 cm³/mol. The highest BCUT2D eigenvalue weighted by molar-refractivity contribution is 7.99. The molecule has 0 saturated carbocycles. The zero-order valence-corrected chi connectivity index (χ0v) is 20.3. The number of hydrogen-bond acceptors (Lipinski definition) is 3. The van der Waals surface area contributed by atoms with E-state index >= 15 is 0 Å². The molecule has 1 atom stereocenters. The van der Waals surface area contributed by atoms with Crippen LogP contribution in [0.3, 0.4) is 0 Å². The summed E-state index contributed by atoms with van der Waals surface area (Å²) in [7, 11) is 0. The number of likely N-dealkylation sites (N-methyl/N-ethyl adjacent to an activating group) is 1. The Bertz CT molecular complexity index is 1010. The van der Waals surface area contributed by atoms with E-state index in [2.05, 4.69) is 5.32 Å². The molecule has 33 heavy (non-hydrogen) atoms. The lowest BCUT2D eigenvalue weighted by atomic mass is 10.0. The van der Waals surface area contributed by atoms with Crippen molar-refractivity contribution in [1.29, 1.82) is 0 Å². The van der Waals surface area contributed by atoms with E-state index in [0.29, 0.717) is 36.7 Å². The zero-order valence-electron chi connectivity index (χ0n) is 18.7. The molecule has 0 saturated heterocycles. The lowest BCUT2D eigenvalue weighted by molar-refractivity contribution is -0.140. The number of thioether (sulfide) groups is 1. The van der Waals surface area contributed by atoms with E-state index in [4.69, 9.17) is 11.6 Å². The minimum atomic E-state index is -0.600. The fourth-order valence-electron chi connectivity index (χ4n) is 3.55. The molecule has 1 N–H and O–H groups in total. The van der Waals surface area contributed by atoms with Gasteiger partial charge in [0.25, 0.3) is 0 Å². The Morgan fingerprint density at radius 2 is 1.55 bits per heavy atom. The fourth-order valence-corrected chi connectivity index (χ4v) is 4.54. The standard InChI is InChI=1S/C27H29ClN2O2S/c1-2-29-27(32)25(19-21-9-5-3-6-10-21)30(20-22-13-15-23(28)16-14-22)26(31)17-18-33-24-11-7-4-8-12-24/h3-16,25H,2,17-20H2,1H3,(H,29,32)/t25-/m0/s1. The second kappa shape index (κ2) is 13.1. The van der Waals surface area contributed by atoms with Gasteiger partial charge in [-0.2, -0.15) is 0 Å². The van der Waals surface area contributed by atoms with Crippen molar-refractivity contribution >= 4 is 35.2 Å². The van der Waals surface area contributed by atoms with E-state index in [-0.39, 0.29) is 11.8 Å². The Balaban J connectivity index is 1.81. The van der Waals surface area contributed by atoms with Crippen molar-refractivity contribution in [1.82, 2.24) is 10.2 Å². The number of hydrogen-bond donors (Lipinski definition) is 1. The normalized spacial score (nSPS) is 11.6. The summed E-state index contributed by atoms with van der Waals surface area (Å²) in [6, 6.07) is 26.7. The first kappa shape index (κ1) is 24.9. The third kappa shape index (κ3) is 7.95. The van der Waals surface area contributed by atoms with Crippen LogP contribution in [0, 0.1) is 0 Å². The predicted octanol–water partition coefficient (Wildman–Crippen LogP) is 5.60. The van der Waals surface area contributed by atoms with E-state index in [1.54, 1.807) is 16.7 Å². The van der Waals surface area contributed by atoms with Crippen LogP contribution in [-0.2, 0) is 22.6 Å². The van der Waals surface area contributed by atoms with E-state index < -0.39 is 6.04 Å². The van der Waals surface area contributed by atoms with Crippen LogP contribution in [0.15, 0.2) is 89.8 Å². The Morgan fingerprint density at radius 3 is 2.18 bits per heavy atom. The average molecular weight is 481 g/mol. The van der Waals surface area contributed by atoms with Crippen molar-refractivity contribution in [3.8, 4) is 0 Å². The SMILES string of the molecule is CCNC(=O)[C@H](Cc1ccccc1)N(Cc1ccc(Cl)cc1)C(=O)CCSc1ccccc1. The summed E-state index contributed by atoms with van der Waals surface area (Å²) in [5.74, 6) is 0.466. The molecule has 0 spiro atoms. The molecule has 2 amide bonds. The average Bonchev–Trinajstić information content (AvgIpc) is 2.84. The Morgan fingerprint density at radius 1 is 0.909 bits per heavy atom. The molecule has 3 rings (SSSR count). The van der Waals surface area contributed by atoms with Crippen LogP contribution in [0.2, 0.25) is 5.02 Å². The molecule has 3 aromatic rings. The molecular formula is C27H29ClN2O2S. The molecule has 6 heteroatoms. The molecule has 0 aliphatic carbocycles. The summed E-state index contributed by atoms with van der Waals surface area (Å²) in [6.07, 6.45) is 0.801. The van der Waals surface area contributed by atoms with Gasteiger partial charge in [0.15, 0.2) is 0 Å². The number of carbonyl (C=O) groups excluding carboxylic acids is 2. The summed E-state index contributed by atoms with van der Waals surface area (Å²) in [5, 5.41) is 3.56. The maximum absolute atomic E-state index is 13.5. The van der Waals surface area contributed by atoms with Crippen LogP contribution >= 0.6 is 23.4 Å². The van der Waals surface area contributed by atoms with Gasteiger partial charge in [-0.05, 0) is 42.3 Å². The molecule has 0 heterocycles. The maximum atomic E-state index is 13.5. The van der Waals surface area contributed by atoms with Crippen molar-refractivity contribution < 1.29 is 9.59 Å². The summed E-state index contributed by atoms with van der Waals surface area (Å²) in [6.45, 7) is 2.75. The number of benzene rings is 3. The van der Waals surface area contributed by atoms with Crippen LogP contribution in [0.1, 0.15) is 24.5 Å². The minimum Gasteiger partial charge on any atom is -0.355 e. The molecule has 172 valence electrons. The summed E-state index contributed by atoms with van der Waals surface area (Å²) in [5.41, 5.74) is 1.95. The molecule has 0 radical (unpaired) electrons. The molecule has 4 nitrogen and oxygen atoms in total. The molecule has 0 aromatic heterocycles. The van der Waals surface area contributed by atoms with Gasteiger partial charge in [-0.15, -0.1) is 11.8 Å². The summed E-state index contributed by atoms with van der Waals surface area (Å²) < 4.78 is 0. The van der Waals surface area contributed by atoms with E-state index in [9.17, 15) is 9.59 Å². The molecule has 3 aromatic carbocycles. The molecule has 0 aliphatic rings. The first-order chi connectivity index (χ1) is 16.1. The number of nitrogens with one attached hydrogen (secondary N) is 1. The van der Waals surface area contributed by atoms with Gasteiger partial charge >= 0.3 is 0 Å². The number of nitrogens with zero attached hydrogens (tertiary/aromatic N) is 1. The van der Waals surface area contributed by atoms with Crippen LogP contribution in [0.5, 0.6) is 0 Å². The highest BCUT2D eigenvalue weighted by Crippen LogP contribution is 2.21.